The van der Waals surface area contributed by atoms with E-state index in [1.54, 1.807) is 0 Å². The van der Waals surface area contributed by atoms with Crippen molar-refractivity contribution < 1.29 is 52.0 Å². The van der Waals surface area contributed by atoms with E-state index in [0.29, 0.717) is 17.3 Å². The molecule has 6 nitrogen and oxygen atoms in total. The van der Waals surface area contributed by atoms with Crippen molar-refractivity contribution in [2.45, 2.75) is 55.7 Å². The standard InChI is InChI=1S/C41H40F5N3O3S/c1-27-6-15-34-36(22-27)49(39(23-37(34)50)53-26-31-4-3-5-35(42)40(31)43)25-38(51)48(33-16-18-47(19-17-33)20-21-52-2)24-28-7-9-29(10-8-28)30-11-13-32(14-12-30)41(44,45)46/h3-15,22-23,33H,16-21,24-26H2,1-2H3/i6D,15D,16D2,17D2,18D2,19D2,21D2,22D,23D,33D. The third-order valence-electron chi connectivity index (χ3n) is 7.97. The first kappa shape index (κ1) is 23.3. The SMILES string of the molecule is [2H]c1c(C)c([2H])c2c(c1[2H])c(=O)c([2H])c(SCc1cccc(F)c1F)n2CC(=O)N(Cc1ccc(-c2ccc(C(F)(F)F)cc2)cc1)C1([2H])C([2H])([2H])C([2H])([2H])N(CC([2H])([2H])OC)C([2H])([2H])C1([2H])[2H]. The van der Waals surface area contributed by atoms with Crippen LogP contribution in [0.15, 0.2) is 101 Å². The highest BCUT2D eigenvalue weighted by Crippen LogP contribution is 2.32. The van der Waals surface area contributed by atoms with Gasteiger partial charge in [-0.05, 0) is 72.2 Å². The van der Waals surface area contributed by atoms with Crippen molar-refractivity contribution in [3.63, 3.8) is 0 Å². The van der Waals surface area contributed by atoms with E-state index >= 15 is 4.79 Å². The lowest BCUT2D eigenvalue weighted by Gasteiger charge is -2.39. The van der Waals surface area contributed by atoms with E-state index in [0.717, 1.165) is 35.9 Å². The fourth-order valence-electron chi connectivity index (χ4n) is 5.25. The second-order valence-electron chi connectivity index (χ2n) is 11.6. The van der Waals surface area contributed by atoms with Gasteiger partial charge in [-0.3, -0.25) is 9.59 Å². The smallest absolute Gasteiger partial charge is 0.383 e. The van der Waals surface area contributed by atoms with E-state index in [1.165, 1.54) is 49.4 Å². The third kappa shape index (κ3) is 9.17. The Hall–Kier alpha value is -4.52. The number of hydrogen-bond donors (Lipinski definition) is 0. The molecule has 0 bridgehead atoms. The highest BCUT2D eigenvalue weighted by atomic mass is 32.2. The van der Waals surface area contributed by atoms with Gasteiger partial charge in [-0.15, -0.1) is 11.8 Å². The summed E-state index contributed by atoms with van der Waals surface area (Å²) in [7, 11) is 0.832. The number of methoxy groups -OCH3 is 1. The van der Waals surface area contributed by atoms with Crippen molar-refractivity contribution in [2.24, 2.45) is 0 Å². The molecule has 12 heteroatoms. The number of halogens is 5. The van der Waals surface area contributed by atoms with Gasteiger partial charge in [-0.2, -0.15) is 13.2 Å². The van der Waals surface area contributed by atoms with Gasteiger partial charge in [-0.1, -0.05) is 54.6 Å². The van der Waals surface area contributed by atoms with Crippen molar-refractivity contribution in [1.82, 2.24) is 14.4 Å². The normalized spacial score (nSPS) is 23.0. The summed E-state index contributed by atoms with van der Waals surface area (Å²) in [4.78, 5) is 29.2. The molecule has 0 atom stereocenters. The Balaban J connectivity index is 1.59. The van der Waals surface area contributed by atoms with Crippen LogP contribution in [0.3, 0.4) is 0 Å². The number of carbonyl (C=O) groups excluding carboxylic acids is 1. The minimum absolute atomic E-state index is 0.0713. The summed E-state index contributed by atoms with van der Waals surface area (Å²) in [5.41, 5.74) is -2.75. The van der Waals surface area contributed by atoms with Gasteiger partial charge in [0.25, 0.3) is 0 Å². The molecule has 6 rings (SSSR count). The van der Waals surface area contributed by atoms with Crippen LogP contribution in [-0.2, 0) is 34.6 Å². The van der Waals surface area contributed by atoms with Crippen molar-refractivity contribution >= 4 is 28.6 Å². The van der Waals surface area contributed by atoms with Gasteiger partial charge in [0.05, 0.1) is 32.3 Å². The average molecular weight is 765 g/mol. The number of aromatic nitrogens is 1. The van der Waals surface area contributed by atoms with Crippen LogP contribution < -0.4 is 5.43 Å². The molecule has 0 saturated carbocycles. The number of benzene rings is 4. The number of piperidine rings is 1. The molecule has 0 spiro atoms. The van der Waals surface area contributed by atoms with Crippen LogP contribution in [0.5, 0.6) is 0 Å². The number of fused-ring (bicyclic) bond motifs is 1. The van der Waals surface area contributed by atoms with E-state index < -0.39 is 139 Å². The van der Waals surface area contributed by atoms with Crippen molar-refractivity contribution in [1.29, 1.82) is 0 Å². The first-order valence-electron chi connectivity index (χ1n) is 23.3. The van der Waals surface area contributed by atoms with Crippen LogP contribution in [0, 0.1) is 18.6 Å². The minimum atomic E-state index is -4.64. The summed E-state index contributed by atoms with van der Waals surface area (Å²) in [5.74, 6) is -4.68. The number of hydrogen-bond acceptors (Lipinski definition) is 5. The Morgan fingerprint density at radius 1 is 1.04 bits per heavy atom. The lowest BCUT2D eigenvalue weighted by atomic mass is 10.00. The summed E-state index contributed by atoms with van der Waals surface area (Å²) >= 11 is 0.479. The molecular formula is C41H40F5N3O3S. The van der Waals surface area contributed by atoms with Crippen LogP contribution >= 0.6 is 11.8 Å². The number of ether oxygens (including phenoxy) is 1. The number of pyridine rings is 1. The first-order chi connectivity index (χ1) is 31.2. The Bertz CT molecular complexity index is 2820. The molecule has 1 amide bonds. The van der Waals surface area contributed by atoms with Crippen molar-refractivity contribution in [3.8, 4) is 11.1 Å². The highest BCUT2D eigenvalue weighted by Gasteiger charge is 2.31. The summed E-state index contributed by atoms with van der Waals surface area (Å²) in [6, 6.07) is 5.29. The van der Waals surface area contributed by atoms with Gasteiger partial charge in [0.2, 0.25) is 5.91 Å². The Labute approximate surface area is 330 Å². The maximum atomic E-state index is 15.3. The molecular weight excluding hydrogens is 710 g/mol. The number of amides is 1. The van der Waals surface area contributed by atoms with Crippen molar-refractivity contribution in [2.75, 3.05) is 33.2 Å². The summed E-state index contributed by atoms with van der Waals surface area (Å²) in [6.07, 6.45) is -12.8. The Morgan fingerprint density at radius 2 is 1.72 bits per heavy atom. The van der Waals surface area contributed by atoms with Gasteiger partial charge >= 0.3 is 6.18 Å². The second-order valence-corrected chi connectivity index (χ2v) is 12.5. The third-order valence-corrected chi connectivity index (χ3v) is 9.02. The molecule has 1 aliphatic rings. The van der Waals surface area contributed by atoms with Crippen LogP contribution in [0.4, 0.5) is 22.0 Å². The lowest BCUT2D eigenvalue weighted by molar-refractivity contribution is -0.137. The minimum Gasteiger partial charge on any atom is -0.383 e. The predicted molar refractivity (Wildman–Crippen MR) is 198 cm³/mol. The van der Waals surface area contributed by atoms with Crippen LogP contribution in [-0.4, -0.2) is 59.5 Å². The van der Waals surface area contributed by atoms with Gasteiger partial charge < -0.3 is 19.1 Å². The number of carbonyl (C=O) groups is 1. The van der Waals surface area contributed by atoms with E-state index in [9.17, 15) is 33.6 Å². The first-order valence-corrected chi connectivity index (χ1v) is 16.8. The number of likely N-dealkylation sites (tertiary alicyclic amines) is 1. The van der Waals surface area contributed by atoms with E-state index in [2.05, 4.69) is 0 Å². The summed E-state index contributed by atoms with van der Waals surface area (Å²) in [6.45, 7) is -13.3. The molecule has 4 aromatic carbocycles. The van der Waals surface area contributed by atoms with Crippen LogP contribution in [0.25, 0.3) is 22.0 Å². The fourth-order valence-corrected chi connectivity index (χ4v) is 6.24. The summed E-state index contributed by atoms with van der Waals surface area (Å²) < 4.78 is 208. The molecule has 1 aromatic heterocycles. The molecule has 0 radical (unpaired) electrons. The van der Waals surface area contributed by atoms with Gasteiger partial charge in [0.1, 0.15) is 6.54 Å². The monoisotopic (exact) mass is 764 g/mol. The number of nitrogens with zero attached hydrogens (tertiary/aromatic N) is 3. The van der Waals surface area contributed by atoms with Crippen LogP contribution in [0.2, 0.25) is 0 Å². The summed E-state index contributed by atoms with van der Waals surface area (Å²) in [5, 5.41) is -1.27. The zero-order valence-corrected chi connectivity index (χ0v) is 28.9. The van der Waals surface area contributed by atoms with Gasteiger partial charge in [0, 0.05) is 72.9 Å². The number of rotatable bonds is 12. The highest BCUT2D eigenvalue weighted by molar-refractivity contribution is 7.98. The molecule has 1 aliphatic heterocycles. The zero-order chi connectivity index (χ0) is 51.1. The van der Waals surface area contributed by atoms with E-state index in [-0.39, 0.29) is 32.1 Å². The molecule has 53 heavy (non-hydrogen) atoms. The molecule has 1 saturated heterocycles. The zero-order valence-electron chi connectivity index (χ0n) is 43.0. The molecule has 5 aromatic rings. The van der Waals surface area contributed by atoms with E-state index in [1.807, 2.05) is 0 Å². The van der Waals surface area contributed by atoms with E-state index in [4.69, 9.17) is 18.4 Å². The molecule has 0 aliphatic carbocycles. The fraction of sp³-hybridized carbons (Fsp3) is 0.317. The second kappa shape index (κ2) is 16.7. The molecule has 278 valence electrons. The molecule has 0 N–H and O–H groups in total. The quantitative estimate of drug-likeness (QED) is 0.0941. The lowest BCUT2D eigenvalue weighted by Crippen LogP contribution is -2.48. The maximum Gasteiger partial charge on any atom is 0.416 e. The maximum absolute atomic E-state index is 15.3. The Morgan fingerprint density at radius 3 is 2.38 bits per heavy atom. The predicted octanol–water partition coefficient (Wildman–Crippen LogP) is 8.71. The largest absolute Gasteiger partial charge is 0.416 e. The Kier molecular flexibility index (Phi) is 7.32. The molecule has 0 unspecified atom stereocenters. The van der Waals surface area contributed by atoms with Crippen LogP contribution in [0.1, 0.15) is 55.6 Å². The van der Waals surface area contributed by atoms with Gasteiger partial charge in [-0.25, -0.2) is 8.78 Å². The molecule has 1 fully saturated rings. The van der Waals surface area contributed by atoms with Crippen molar-refractivity contribution in [3.05, 3.63) is 135 Å². The topological polar surface area (TPSA) is 54.8 Å². The van der Waals surface area contributed by atoms with Gasteiger partial charge in [0.15, 0.2) is 17.1 Å². The number of alkyl halides is 3. The average Bonchev–Trinajstić information content (AvgIpc) is 3.27. The molecule has 2 heterocycles. The number of thioether (sulfide) groups is 1.